The maximum absolute atomic E-state index is 12.4. The number of pyridine rings is 1. The predicted octanol–water partition coefficient (Wildman–Crippen LogP) is 4.28. The van der Waals surface area contributed by atoms with Crippen molar-refractivity contribution in [3.05, 3.63) is 65.5 Å². The molecule has 0 bridgehead atoms. The van der Waals surface area contributed by atoms with Gasteiger partial charge in [-0.3, -0.25) is 4.79 Å². The van der Waals surface area contributed by atoms with Crippen LogP contribution >= 0.6 is 0 Å². The lowest BCUT2D eigenvalue weighted by molar-refractivity contribution is 0.0519. The van der Waals surface area contributed by atoms with Crippen LogP contribution in [0, 0.1) is 6.92 Å². The summed E-state index contributed by atoms with van der Waals surface area (Å²) in [6.07, 6.45) is 3.82. The third-order valence-electron chi connectivity index (χ3n) is 4.93. The van der Waals surface area contributed by atoms with Gasteiger partial charge in [0.1, 0.15) is 5.69 Å². The van der Waals surface area contributed by atoms with Crippen molar-refractivity contribution in [2.75, 3.05) is 6.61 Å². The number of hydrogen-bond acceptors (Lipinski definition) is 4. The SMILES string of the molecule is CCOC(=O)c1cc2ccc(-c3cc(C(=O)NC4CC4)ccc3C)cc2cn1. The lowest BCUT2D eigenvalue weighted by Crippen LogP contribution is -2.25. The summed E-state index contributed by atoms with van der Waals surface area (Å²) < 4.78 is 5.01. The number of ether oxygens (including phenoxy) is 1. The Labute approximate surface area is 163 Å². The van der Waals surface area contributed by atoms with Gasteiger partial charge in [-0.25, -0.2) is 9.78 Å². The molecule has 1 aromatic heterocycles. The monoisotopic (exact) mass is 374 g/mol. The molecule has 1 fully saturated rings. The molecule has 0 radical (unpaired) electrons. The van der Waals surface area contributed by atoms with E-state index < -0.39 is 5.97 Å². The number of benzene rings is 2. The smallest absolute Gasteiger partial charge is 0.356 e. The molecule has 0 spiro atoms. The van der Waals surface area contributed by atoms with Gasteiger partial charge in [-0.15, -0.1) is 0 Å². The van der Waals surface area contributed by atoms with Crippen LogP contribution in [0.1, 0.15) is 46.2 Å². The molecule has 1 aliphatic carbocycles. The summed E-state index contributed by atoms with van der Waals surface area (Å²) >= 11 is 0. The largest absolute Gasteiger partial charge is 0.461 e. The van der Waals surface area contributed by atoms with Gasteiger partial charge >= 0.3 is 5.97 Å². The first-order valence-electron chi connectivity index (χ1n) is 9.54. The van der Waals surface area contributed by atoms with Gasteiger partial charge in [0.05, 0.1) is 6.61 Å². The highest BCUT2D eigenvalue weighted by Gasteiger charge is 2.24. The standard InChI is InChI=1S/C23H22N2O3/c1-3-28-23(27)21-12-15-6-7-16(10-18(15)13-24-21)20-11-17(5-4-14(20)2)22(26)25-19-8-9-19/h4-7,10-13,19H,3,8-9H2,1-2H3,(H,25,26). The summed E-state index contributed by atoms with van der Waals surface area (Å²) in [7, 11) is 0. The number of nitrogens with one attached hydrogen (secondary N) is 1. The van der Waals surface area contributed by atoms with E-state index in [1.54, 1.807) is 19.2 Å². The quantitative estimate of drug-likeness (QED) is 0.677. The van der Waals surface area contributed by atoms with Crippen LogP contribution in [0.15, 0.2) is 48.7 Å². The number of amides is 1. The third kappa shape index (κ3) is 3.74. The molecule has 0 aliphatic heterocycles. The number of rotatable bonds is 5. The van der Waals surface area contributed by atoms with Gasteiger partial charge < -0.3 is 10.1 Å². The zero-order chi connectivity index (χ0) is 19.7. The molecule has 142 valence electrons. The molecule has 5 nitrogen and oxygen atoms in total. The Balaban J connectivity index is 1.67. The van der Waals surface area contributed by atoms with Crippen molar-refractivity contribution < 1.29 is 14.3 Å². The topological polar surface area (TPSA) is 68.3 Å². The van der Waals surface area contributed by atoms with E-state index in [4.69, 9.17) is 4.74 Å². The molecule has 1 aliphatic rings. The third-order valence-corrected chi connectivity index (χ3v) is 4.93. The Morgan fingerprint density at radius 2 is 1.93 bits per heavy atom. The van der Waals surface area contributed by atoms with Gasteiger partial charge in [-0.1, -0.05) is 18.2 Å². The Morgan fingerprint density at radius 1 is 1.11 bits per heavy atom. The zero-order valence-electron chi connectivity index (χ0n) is 16.0. The molecule has 1 N–H and O–H groups in total. The predicted molar refractivity (Wildman–Crippen MR) is 108 cm³/mol. The van der Waals surface area contributed by atoms with Crippen LogP contribution in [0.3, 0.4) is 0 Å². The van der Waals surface area contributed by atoms with E-state index in [1.807, 2.05) is 43.3 Å². The van der Waals surface area contributed by atoms with Gasteiger partial charge in [0.15, 0.2) is 0 Å². The summed E-state index contributed by atoms with van der Waals surface area (Å²) in [6.45, 7) is 4.12. The Morgan fingerprint density at radius 3 is 2.68 bits per heavy atom. The van der Waals surface area contributed by atoms with Crippen LogP contribution in [-0.4, -0.2) is 29.5 Å². The normalized spacial score (nSPS) is 13.4. The van der Waals surface area contributed by atoms with Crippen molar-refractivity contribution in [3.63, 3.8) is 0 Å². The summed E-state index contributed by atoms with van der Waals surface area (Å²) in [5, 5.41) is 4.88. The maximum atomic E-state index is 12.4. The highest BCUT2D eigenvalue weighted by atomic mass is 16.5. The van der Waals surface area contributed by atoms with Crippen molar-refractivity contribution in [1.82, 2.24) is 10.3 Å². The van der Waals surface area contributed by atoms with E-state index >= 15 is 0 Å². The van der Waals surface area contributed by atoms with E-state index in [0.717, 1.165) is 40.3 Å². The number of carbonyl (C=O) groups excluding carboxylic acids is 2. The highest BCUT2D eigenvalue weighted by Crippen LogP contribution is 2.28. The van der Waals surface area contributed by atoms with Crippen molar-refractivity contribution >= 4 is 22.6 Å². The van der Waals surface area contributed by atoms with Crippen LogP contribution < -0.4 is 5.32 Å². The first kappa shape index (κ1) is 18.2. The summed E-state index contributed by atoms with van der Waals surface area (Å²) in [6, 6.07) is 13.8. The number of esters is 1. The molecule has 1 heterocycles. The number of aromatic nitrogens is 1. The van der Waals surface area contributed by atoms with Gasteiger partial charge in [-0.2, -0.15) is 0 Å². The zero-order valence-corrected chi connectivity index (χ0v) is 16.0. The molecule has 0 unspecified atom stereocenters. The molecular weight excluding hydrogens is 352 g/mol. The maximum Gasteiger partial charge on any atom is 0.356 e. The molecule has 0 saturated heterocycles. The van der Waals surface area contributed by atoms with E-state index in [1.165, 1.54) is 0 Å². The first-order chi connectivity index (χ1) is 13.5. The highest BCUT2D eigenvalue weighted by molar-refractivity contribution is 5.97. The van der Waals surface area contributed by atoms with Crippen LogP contribution in [0.2, 0.25) is 0 Å². The fourth-order valence-electron chi connectivity index (χ4n) is 3.20. The number of fused-ring (bicyclic) bond motifs is 1. The Kier molecular flexibility index (Phi) is 4.82. The number of aryl methyl sites for hydroxylation is 1. The second kappa shape index (κ2) is 7.43. The fraction of sp³-hybridized carbons (Fsp3) is 0.261. The number of carbonyl (C=O) groups is 2. The van der Waals surface area contributed by atoms with E-state index in [0.29, 0.717) is 23.9 Å². The summed E-state index contributed by atoms with van der Waals surface area (Å²) in [4.78, 5) is 28.5. The second-order valence-electron chi connectivity index (χ2n) is 7.13. The molecule has 5 heteroatoms. The van der Waals surface area contributed by atoms with Crippen molar-refractivity contribution in [2.24, 2.45) is 0 Å². The second-order valence-corrected chi connectivity index (χ2v) is 7.13. The average Bonchev–Trinajstić information content (AvgIpc) is 3.51. The number of hydrogen-bond donors (Lipinski definition) is 1. The fourth-order valence-corrected chi connectivity index (χ4v) is 3.20. The Bertz CT molecular complexity index is 1070. The van der Waals surface area contributed by atoms with Crippen molar-refractivity contribution in [1.29, 1.82) is 0 Å². The minimum Gasteiger partial charge on any atom is -0.461 e. The van der Waals surface area contributed by atoms with Gasteiger partial charge in [0, 0.05) is 23.2 Å². The van der Waals surface area contributed by atoms with Crippen molar-refractivity contribution in [3.8, 4) is 11.1 Å². The number of nitrogens with zero attached hydrogens (tertiary/aromatic N) is 1. The summed E-state index contributed by atoms with van der Waals surface area (Å²) in [5.74, 6) is -0.441. The Hall–Kier alpha value is -3.21. The van der Waals surface area contributed by atoms with Gasteiger partial charge in [-0.05, 0) is 73.0 Å². The molecule has 4 rings (SSSR count). The average molecular weight is 374 g/mol. The van der Waals surface area contributed by atoms with Gasteiger partial charge in [0.25, 0.3) is 5.91 Å². The molecule has 1 amide bonds. The van der Waals surface area contributed by atoms with Crippen molar-refractivity contribution in [2.45, 2.75) is 32.7 Å². The van der Waals surface area contributed by atoms with Crippen LogP contribution in [0.5, 0.6) is 0 Å². The molecular formula is C23H22N2O3. The molecule has 28 heavy (non-hydrogen) atoms. The van der Waals surface area contributed by atoms with E-state index in [9.17, 15) is 9.59 Å². The molecule has 2 aromatic carbocycles. The van der Waals surface area contributed by atoms with Crippen LogP contribution in [-0.2, 0) is 4.74 Å². The van der Waals surface area contributed by atoms with Crippen LogP contribution in [0.25, 0.3) is 21.9 Å². The lowest BCUT2D eigenvalue weighted by atomic mass is 9.96. The van der Waals surface area contributed by atoms with E-state index in [-0.39, 0.29) is 5.91 Å². The summed E-state index contributed by atoms with van der Waals surface area (Å²) in [5.41, 5.74) is 4.09. The van der Waals surface area contributed by atoms with Gasteiger partial charge in [0.2, 0.25) is 0 Å². The molecule has 0 atom stereocenters. The minimum atomic E-state index is -0.418. The van der Waals surface area contributed by atoms with E-state index in [2.05, 4.69) is 10.3 Å². The molecule has 3 aromatic rings. The molecule has 1 saturated carbocycles. The first-order valence-corrected chi connectivity index (χ1v) is 9.54. The minimum absolute atomic E-state index is 0.0229. The van der Waals surface area contributed by atoms with Crippen LogP contribution in [0.4, 0.5) is 0 Å². The lowest BCUT2D eigenvalue weighted by Gasteiger charge is -2.11.